The van der Waals surface area contributed by atoms with E-state index in [9.17, 15) is 5.11 Å². The van der Waals surface area contributed by atoms with Gasteiger partial charge in [-0.3, -0.25) is 4.90 Å². The van der Waals surface area contributed by atoms with E-state index in [1.165, 1.54) is 19.4 Å². The number of piperazine rings is 1. The summed E-state index contributed by atoms with van der Waals surface area (Å²) < 4.78 is 0. The predicted octanol–water partition coefficient (Wildman–Crippen LogP) is 2.01. The van der Waals surface area contributed by atoms with Gasteiger partial charge in [-0.15, -0.1) is 0 Å². The summed E-state index contributed by atoms with van der Waals surface area (Å²) in [5.41, 5.74) is 1.96. The van der Waals surface area contributed by atoms with Crippen LogP contribution in [0, 0.1) is 0 Å². The Morgan fingerprint density at radius 2 is 2.10 bits per heavy atom. The quantitative estimate of drug-likeness (QED) is 0.915. The number of fused-ring (bicyclic) bond motifs is 2. The van der Waals surface area contributed by atoms with Gasteiger partial charge >= 0.3 is 0 Å². The third-order valence-electron chi connectivity index (χ3n) is 4.84. The van der Waals surface area contributed by atoms with Gasteiger partial charge in [-0.2, -0.15) is 0 Å². The van der Waals surface area contributed by atoms with Crippen LogP contribution in [0.4, 0.5) is 5.82 Å². The predicted molar refractivity (Wildman–Crippen MR) is 84.5 cm³/mol. The number of para-hydroxylation sites is 1. The average molecular weight is 283 g/mol. The van der Waals surface area contributed by atoms with E-state index in [4.69, 9.17) is 4.98 Å². The van der Waals surface area contributed by atoms with Crippen molar-refractivity contribution < 1.29 is 5.11 Å². The van der Waals surface area contributed by atoms with Crippen LogP contribution < -0.4 is 4.90 Å². The Balaban J connectivity index is 1.71. The molecular formula is C17H21N3O. The minimum Gasteiger partial charge on any atom is -0.392 e. The van der Waals surface area contributed by atoms with Crippen LogP contribution in [-0.4, -0.2) is 47.2 Å². The Morgan fingerprint density at radius 1 is 1.19 bits per heavy atom. The van der Waals surface area contributed by atoms with Crippen LogP contribution in [0.2, 0.25) is 0 Å². The van der Waals surface area contributed by atoms with Crippen molar-refractivity contribution in [1.82, 2.24) is 9.88 Å². The highest BCUT2D eigenvalue weighted by molar-refractivity contribution is 5.81. The first-order valence-corrected chi connectivity index (χ1v) is 7.83. The summed E-state index contributed by atoms with van der Waals surface area (Å²) in [7, 11) is 0. The zero-order valence-electron chi connectivity index (χ0n) is 12.2. The van der Waals surface area contributed by atoms with E-state index in [0.29, 0.717) is 6.04 Å². The second-order valence-corrected chi connectivity index (χ2v) is 6.10. The molecule has 110 valence electrons. The van der Waals surface area contributed by atoms with Crippen LogP contribution in [0.15, 0.2) is 30.3 Å². The molecule has 1 aromatic heterocycles. The maximum Gasteiger partial charge on any atom is 0.134 e. The van der Waals surface area contributed by atoms with Crippen molar-refractivity contribution >= 4 is 16.7 Å². The summed E-state index contributed by atoms with van der Waals surface area (Å²) >= 11 is 0. The van der Waals surface area contributed by atoms with Crippen LogP contribution in [0.25, 0.3) is 10.9 Å². The first kappa shape index (κ1) is 13.0. The molecule has 2 aliphatic rings. The zero-order chi connectivity index (χ0) is 14.2. The van der Waals surface area contributed by atoms with Gasteiger partial charge in [0.05, 0.1) is 12.1 Å². The first-order chi connectivity index (χ1) is 10.3. The second kappa shape index (κ2) is 5.28. The van der Waals surface area contributed by atoms with Crippen molar-refractivity contribution in [3.63, 3.8) is 0 Å². The van der Waals surface area contributed by atoms with Crippen LogP contribution >= 0.6 is 0 Å². The smallest absolute Gasteiger partial charge is 0.134 e. The van der Waals surface area contributed by atoms with Crippen molar-refractivity contribution in [3.05, 3.63) is 35.9 Å². The lowest BCUT2D eigenvalue weighted by molar-refractivity contribution is 0.229. The first-order valence-electron chi connectivity index (χ1n) is 7.83. The molecule has 0 bridgehead atoms. The average Bonchev–Trinajstić information content (AvgIpc) is 3.01. The SMILES string of the molecule is OCc1cc2ccccc2nc1N1CCN2CCCC2C1. The number of benzene rings is 1. The molecule has 4 rings (SSSR count). The standard InChI is InChI=1S/C17H21N3O/c21-12-14-10-13-4-1-2-6-16(13)18-17(14)20-9-8-19-7-3-5-15(19)11-20/h1-2,4,6,10,15,21H,3,5,7-9,11-12H2. The number of aliphatic hydroxyl groups excluding tert-OH is 1. The molecule has 0 spiro atoms. The fourth-order valence-electron chi connectivity index (χ4n) is 3.72. The Labute approximate surface area is 125 Å². The highest BCUT2D eigenvalue weighted by atomic mass is 16.3. The molecule has 2 aliphatic heterocycles. The molecule has 4 nitrogen and oxygen atoms in total. The molecule has 3 heterocycles. The Hall–Kier alpha value is -1.65. The maximum atomic E-state index is 9.72. The van der Waals surface area contributed by atoms with E-state index >= 15 is 0 Å². The van der Waals surface area contributed by atoms with Crippen molar-refractivity contribution in [2.45, 2.75) is 25.5 Å². The van der Waals surface area contributed by atoms with Gasteiger partial charge in [0, 0.05) is 36.6 Å². The second-order valence-electron chi connectivity index (χ2n) is 6.10. The topological polar surface area (TPSA) is 39.6 Å². The Morgan fingerprint density at radius 3 is 3.00 bits per heavy atom. The van der Waals surface area contributed by atoms with E-state index in [1.54, 1.807) is 0 Å². The minimum atomic E-state index is 0.0536. The highest BCUT2D eigenvalue weighted by Gasteiger charge is 2.31. The summed E-state index contributed by atoms with van der Waals surface area (Å²) in [6.07, 6.45) is 2.61. The lowest BCUT2D eigenvalue weighted by atomic mass is 10.1. The molecule has 1 atom stereocenters. The van der Waals surface area contributed by atoms with E-state index in [0.717, 1.165) is 41.9 Å². The van der Waals surface area contributed by atoms with E-state index in [-0.39, 0.29) is 6.61 Å². The third kappa shape index (κ3) is 2.28. The van der Waals surface area contributed by atoms with Crippen LogP contribution in [0.1, 0.15) is 18.4 Å². The number of rotatable bonds is 2. The molecule has 0 amide bonds. The van der Waals surface area contributed by atoms with Crippen molar-refractivity contribution in [3.8, 4) is 0 Å². The number of hydrogen-bond acceptors (Lipinski definition) is 4. The van der Waals surface area contributed by atoms with Gasteiger partial charge in [-0.1, -0.05) is 18.2 Å². The summed E-state index contributed by atoms with van der Waals surface area (Å²) in [5, 5.41) is 10.8. The summed E-state index contributed by atoms with van der Waals surface area (Å²) in [6, 6.07) is 10.9. The molecule has 1 N–H and O–H groups in total. The fraction of sp³-hybridized carbons (Fsp3) is 0.471. The van der Waals surface area contributed by atoms with E-state index < -0.39 is 0 Å². The molecule has 1 aromatic carbocycles. The van der Waals surface area contributed by atoms with Gasteiger partial charge in [0.1, 0.15) is 5.82 Å². The molecule has 1 unspecified atom stereocenters. The summed E-state index contributed by atoms with van der Waals surface area (Å²) in [6.45, 7) is 4.46. The number of hydrogen-bond donors (Lipinski definition) is 1. The van der Waals surface area contributed by atoms with Crippen LogP contribution in [0.5, 0.6) is 0 Å². The molecular weight excluding hydrogens is 262 g/mol. The van der Waals surface area contributed by atoms with Gasteiger partial charge in [0.2, 0.25) is 0 Å². The number of pyridine rings is 1. The molecule has 2 fully saturated rings. The van der Waals surface area contributed by atoms with E-state index in [2.05, 4.69) is 21.9 Å². The van der Waals surface area contributed by atoms with Gasteiger partial charge in [0.15, 0.2) is 0 Å². The fourth-order valence-corrected chi connectivity index (χ4v) is 3.72. The van der Waals surface area contributed by atoms with Gasteiger partial charge in [-0.05, 0) is 31.5 Å². The molecule has 2 saturated heterocycles. The van der Waals surface area contributed by atoms with Gasteiger partial charge in [0.25, 0.3) is 0 Å². The van der Waals surface area contributed by atoms with Gasteiger partial charge in [-0.25, -0.2) is 4.98 Å². The number of aromatic nitrogens is 1. The Bertz CT molecular complexity index is 658. The molecule has 2 aromatic rings. The Kier molecular flexibility index (Phi) is 3.28. The monoisotopic (exact) mass is 283 g/mol. The minimum absolute atomic E-state index is 0.0536. The third-order valence-corrected chi connectivity index (χ3v) is 4.84. The van der Waals surface area contributed by atoms with Crippen molar-refractivity contribution in [2.24, 2.45) is 0 Å². The van der Waals surface area contributed by atoms with Crippen molar-refractivity contribution in [1.29, 1.82) is 0 Å². The van der Waals surface area contributed by atoms with Crippen LogP contribution in [-0.2, 0) is 6.61 Å². The van der Waals surface area contributed by atoms with Gasteiger partial charge < -0.3 is 10.0 Å². The lowest BCUT2D eigenvalue weighted by Gasteiger charge is -2.38. The zero-order valence-corrected chi connectivity index (χ0v) is 12.2. The number of nitrogens with zero attached hydrogens (tertiary/aromatic N) is 3. The van der Waals surface area contributed by atoms with E-state index in [1.807, 2.05) is 18.2 Å². The summed E-state index contributed by atoms with van der Waals surface area (Å²) in [4.78, 5) is 9.79. The summed E-state index contributed by atoms with van der Waals surface area (Å²) in [5.74, 6) is 0.975. The normalized spacial score (nSPS) is 22.7. The van der Waals surface area contributed by atoms with Crippen molar-refractivity contribution in [2.75, 3.05) is 31.1 Å². The molecule has 0 radical (unpaired) electrons. The van der Waals surface area contributed by atoms with Crippen LogP contribution in [0.3, 0.4) is 0 Å². The highest BCUT2D eigenvalue weighted by Crippen LogP contribution is 2.28. The largest absolute Gasteiger partial charge is 0.392 e. The number of aliphatic hydroxyl groups is 1. The maximum absolute atomic E-state index is 9.72. The molecule has 4 heteroatoms. The number of anilines is 1. The molecule has 21 heavy (non-hydrogen) atoms. The lowest BCUT2D eigenvalue weighted by Crippen LogP contribution is -2.50. The molecule has 0 aliphatic carbocycles. The molecule has 0 saturated carbocycles.